The Morgan fingerprint density at radius 1 is 1.33 bits per heavy atom. The van der Waals surface area contributed by atoms with Crippen molar-refractivity contribution in [3.05, 3.63) is 50.7 Å². The van der Waals surface area contributed by atoms with Crippen LogP contribution < -0.4 is 16.7 Å². The lowest BCUT2D eigenvalue weighted by molar-refractivity contribution is -0.000105. The van der Waals surface area contributed by atoms with Gasteiger partial charge in [0.1, 0.15) is 5.75 Å². The van der Waals surface area contributed by atoms with Crippen LogP contribution in [-0.2, 0) is 18.3 Å². The molecule has 0 bridgehead atoms. The molecule has 0 aliphatic heterocycles. The van der Waals surface area contributed by atoms with E-state index < -0.39 is 17.4 Å². The maximum atomic E-state index is 12.4. The highest BCUT2D eigenvalue weighted by molar-refractivity contribution is 5.83. The highest BCUT2D eigenvalue weighted by Gasteiger charge is 2.19. The van der Waals surface area contributed by atoms with Crippen molar-refractivity contribution in [2.45, 2.75) is 32.6 Å². The summed E-state index contributed by atoms with van der Waals surface area (Å²) in [6.07, 6.45) is 0.397. The number of benzene rings is 1. The van der Waals surface area contributed by atoms with E-state index in [1.54, 1.807) is 18.2 Å². The van der Waals surface area contributed by atoms with E-state index in [0.29, 0.717) is 5.56 Å². The number of aliphatic hydroxyl groups excluding tert-OH is 1. The second-order valence-corrected chi connectivity index (χ2v) is 7.00. The number of hydrazone groups is 1. The summed E-state index contributed by atoms with van der Waals surface area (Å²) in [5.74, 6) is 0.198. The van der Waals surface area contributed by atoms with Gasteiger partial charge in [-0.15, -0.1) is 0 Å². The van der Waals surface area contributed by atoms with Gasteiger partial charge in [-0.2, -0.15) is 10.1 Å². The number of ether oxygens (including phenoxy) is 1. The van der Waals surface area contributed by atoms with Gasteiger partial charge in [-0.05, 0) is 26.0 Å². The third-order valence-electron chi connectivity index (χ3n) is 4.33. The molecule has 160 valence electrons. The lowest BCUT2D eigenvalue weighted by atomic mass is 10.2. The monoisotopic (exact) mass is 416 g/mol. The van der Waals surface area contributed by atoms with Crippen molar-refractivity contribution in [1.82, 2.24) is 19.1 Å². The number of H-pyrrole nitrogens is 1. The van der Waals surface area contributed by atoms with E-state index in [4.69, 9.17) is 4.74 Å². The van der Waals surface area contributed by atoms with E-state index in [1.807, 2.05) is 13.8 Å². The molecule has 0 aliphatic rings. The number of nitrogens with zero attached hydrogens (tertiary/aromatic N) is 4. The maximum absolute atomic E-state index is 12.4. The molecule has 2 heterocycles. The number of aromatic amines is 1. The zero-order chi connectivity index (χ0) is 21.8. The van der Waals surface area contributed by atoms with Crippen molar-refractivity contribution in [3.8, 4) is 5.75 Å². The molecule has 3 aromatic rings. The molecule has 1 aromatic carbocycles. The van der Waals surface area contributed by atoms with Crippen LogP contribution in [0, 0.1) is 0 Å². The Labute approximate surface area is 171 Å². The highest BCUT2D eigenvalue weighted by atomic mass is 16.5. The smallest absolute Gasteiger partial charge is 0.329 e. The van der Waals surface area contributed by atoms with Crippen LogP contribution in [0.2, 0.25) is 0 Å². The van der Waals surface area contributed by atoms with Crippen molar-refractivity contribution in [1.29, 1.82) is 0 Å². The summed E-state index contributed by atoms with van der Waals surface area (Å²) in [6, 6.07) is 6.63. The van der Waals surface area contributed by atoms with Crippen molar-refractivity contribution >= 4 is 23.3 Å². The van der Waals surface area contributed by atoms with Gasteiger partial charge in [0.2, 0.25) is 5.95 Å². The summed E-state index contributed by atoms with van der Waals surface area (Å²) >= 11 is 0. The first-order chi connectivity index (χ1) is 14.3. The van der Waals surface area contributed by atoms with Gasteiger partial charge in [-0.3, -0.25) is 14.3 Å². The Bertz CT molecular complexity index is 1180. The fourth-order valence-corrected chi connectivity index (χ4v) is 2.82. The average Bonchev–Trinajstić information content (AvgIpc) is 3.05. The van der Waals surface area contributed by atoms with Gasteiger partial charge in [-0.1, -0.05) is 12.1 Å². The number of imidazole rings is 1. The van der Waals surface area contributed by atoms with E-state index in [0.717, 1.165) is 0 Å². The van der Waals surface area contributed by atoms with E-state index in [1.165, 1.54) is 28.5 Å². The Morgan fingerprint density at radius 2 is 2.07 bits per heavy atom. The molecule has 3 rings (SSSR count). The third kappa shape index (κ3) is 4.58. The number of nitrogens with one attached hydrogen (secondary N) is 2. The summed E-state index contributed by atoms with van der Waals surface area (Å²) in [7, 11) is 1.48. The fourth-order valence-electron chi connectivity index (χ4n) is 2.82. The largest absolute Gasteiger partial charge is 0.507 e. The van der Waals surface area contributed by atoms with Crippen LogP contribution in [0.15, 0.2) is 39.0 Å². The van der Waals surface area contributed by atoms with Gasteiger partial charge < -0.3 is 19.5 Å². The van der Waals surface area contributed by atoms with Crippen molar-refractivity contribution in [2.75, 3.05) is 12.0 Å². The number of phenolic OH excluding ortho intramolecular Hbond substituents is 1. The van der Waals surface area contributed by atoms with Gasteiger partial charge in [0.05, 0.1) is 31.6 Å². The Balaban J connectivity index is 1.98. The minimum absolute atomic E-state index is 0.0149. The van der Waals surface area contributed by atoms with Crippen LogP contribution >= 0.6 is 0 Å². The summed E-state index contributed by atoms with van der Waals surface area (Å²) in [5, 5.41) is 24.2. The molecule has 0 amide bonds. The summed E-state index contributed by atoms with van der Waals surface area (Å²) in [4.78, 5) is 30.9. The summed E-state index contributed by atoms with van der Waals surface area (Å²) in [6.45, 7) is 3.74. The predicted molar refractivity (Wildman–Crippen MR) is 112 cm³/mol. The SMILES string of the molecule is CC(C)OC[C@@H](O)Cn1c(N/N=C\c2ccccc2O)nc2c1c(=O)[nH]c(=O)n2C. The molecule has 30 heavy (non-hydrogen) atoms. The Hall–Kier alpha value is -3.44. The Morgan fingerprint density at radius 3 is 2.77 bits per heavy atom. The first kappa shape index (κ1) is 21.3. The number of aliphatic hydroxyl groups is 1. The molecule has 0 saturated heterocycles. The number of hydrogen-bond donors (Lipinski definition) is 4. The van der Waals surface area contributed by atoms with Crippen LogP contribution in [0.25, 0.3) is 11.2 Å². The van der Waals surface area contributed by atoms with Gasteiger partial charge in [0.15, 0.2) is 11.2 Å². The highest BCUT2D eigenvalue weighted by Crippen LogP contribution is 2.17. The quantitative estimate of drug-likeness (QED) is 0.306. The summed E-state index contributed by atoms with van der Waals surface area (Å²) < 4.78 is 8.06. The van der Waals surface area contributed by atoms with Crippen LogP contribution in [0.5, 0.6) is 5.75 Å². The molecule has 2 aromatic heterocycles. The number of phenols is 1. The summed E-state index contributed by atoms with van der Waals surface area (Å²) in [5.41, 5.74) is 2.20. The van der Waals surface area contributed by atoms with E-state index >= 15 is 0 Å². The normalized spacial score (nSPS) is 12.8. The fraction of sp³-hybridized carbons (Fsp3) is 0.368. The van der Waals surface area contributed by atoms with E-state index in [2.05, 4.69) is 20.5 Å². The van der Waals surface area contributed by atoms with Crippen LogP contribution in [0.1, 0.15) is 19.4 Å². The van der Waals surface area contributed by atoms with Crippen molar-refractivity contribution in [2.24, 2.45) is 12.1 Å². The standard InChI is InChI=1S/C19H24N6O5/c1-11(2)30-10-13(26)9-25-15-16(24(3)19(29)22-17(15)28)21-18(25)23-20-8-12-6-4-5-7-14(12)27/h4-8,11,13,26-27H,9-10H2,1-3H3,(H,21,23)(H,22,28,29)/b20-8-/t13-/m0/s1. The number of fused-ring (bicyclic) bond motifs is 1. The minimum Gasteiger partial charge on any atom is -0.507 e. The van der Waals surface area contributed by atoms with Gasteiger partial charge in [0.25, 0.3) is 5.56 Å². The molecule has 1 atom stereocenters. The molecule has 0 spiro atoms. The second kappa shape index (κ2) is 8.93. The molecule has 4 N–H and O–H groups in total. The average molecular weight is 416 g/mol. The molecule has 11 nitrogen and oxygen atoms in total. The maximum Gasteiger partial charge on any atom is 0.329 e. The Kier molecular flexibility index (Phi) is 6.33. The molecule has 0 saturated carbocycles. The number of aryl methyl sites for hydroxylation is 1. The number of para-hydroxylation sites is 1. The zero-order valence-corrected chi connectivity index (χ0v) is 16.9. The van der Waals surface area contributed by atoms with Gasteiger partial charge in [0, 0.05) is 12.6 Å². The molecule has 0 aliphatic carbocycles. The first-order valence-electron chi connectivity index (χ1n) is 9.34. The third-order valence-corrected chi connectivity index (χ3v) is 4.33. The molecule has 0 radical (unpaired) electrons. The number of rotatable bonds is 8. The second-order valence-electron chi connectivity index (χ2n) is 7.00. The van der Waals surface area contributed by atoms with Crippen LogP contribution in [0.4, 0.5) is 5.95 Å². The van der Waals surface area contributed by atoms with Gasteiger partial charge >= 0.3 is 5.69 Å². The molecular formula is C19H24N6O5. The van der Waals surface area contributed by atoms with E-state index in [9.17, 15) is 19.8 Å². The van der Waals surface area contributed by atoms with Crippen molar-refractivity contribution in [3.63, 3.8) is 0 Å². The molecule has 0 unspecified atom stereocenters. The number of aromatic hydroxyl groups is 1. The van der Waals surface area contributed by atoms with E-state index in [-0.39, 0.29) is 42.1 Å². The topological polar surface area (TPSA) is 147 Å². The van der Waals surface area contributed by atoms with Gasteiger partial charge in [-0.25, -0.2) is 10.2 Å². The number of aromatic nitrogens is 4. The molecule has 11 heteroatoms. The first-order valence-corrected chi connectivity index (χ1v) is 9.34. The lowest BCUT2D eigenvalue weighted by Gasteiger charge is -2.15. The lowest BCUT2D eigenvalue weighted by Crippen LogP contribution is -2.30. The minimum atomic E-state index is -0.927. The molecule has 0 fully saturated rings. The predicted octanol–water partition coefficient (Wildman–Crippen LogP) is 0.361. The number of anilines is 1. The zero-order valence-electron chi connectivity index (χ0n) is 16.9. The molecular weight excluding hydrogens is 392 g/mol. The van der Waals surface area contributed by atoms with Crippen LogP contribution in [0.3, 0.4) is 0 Å². The number of hydrogen-bond acceptors (Lipinski definition) is 8. The van der Waals surface area contributed by atoms with Crippen molar-refractivity contribution < 1.29 is 14.9 Å². The van der Waals surface area contributed by atoms with Crippen LogP contribution in [-0.4, -0.2) is 54.3 Å².